The highest BCUT2D eigenvalue weighted by atomic mass is 32.2. The fraction of sp³-hybridized carbons (Fsp3) is 0.538. The maximum absolute atomic E-state index is 13.4. The second kappa shape index (κ2) is 6.05. The van der Waals surface area contributed by atoms with Gasteiger partial charge < -0.3 is 4.74 Å². The van der Waals surface area contributed by atoms with Gasteiger partial charge in [-0.15, -0.1) is 0 Å². The molecule has 0 heterocycles. The molecule has 0 aliphatic rings. The van der Waals surface area contributed by atoms with Gasteiger partial charge in [0.2, 0.25) is 10.0 Å². The van der Waals surface area contributed by atoms with Gasteiger partial charge in [-0.1, -0.05) is 20.8 Å². The van der Waals surface area contributed by atoms with Gasteiger partial charge in [0.1, 0.15) is 5.82 Å². The zero-order valence-electron chi connectivity index (χ0n) is 11.7. The van der Waals surface area contributed by atoms with E-state index in [-0.39, 0.29) is 23.5 Å². The summed E-state index contributed by atoms with van der Waals surface area (Å²) >= 11 is 0. The molecule has 2 N–H and O–H groups in total. The van der Waals surface area contributed by atoms with Crippen LogP contribution in [0.2, 0.25) is 0 Å². The van der Waals surface area contributed by atoms with E-state index in [1.807, 2.05) is 20.8 Å². The number of ether oxygens (including phenoxy) is 1. The predicted octanol–water partition coefficient (Wildman–Crippen LogP) is 2.29. The van der Waals surface area contributed by atoms with Crippen molar-refractivity contribution in [1.82, 2.24) is 0 Å². The second-order valence-electron chi connectivity index (χ2n) is 5.78. The third-order valence-corrected chi connectivity index (χ3v) is 3.86. The molecule has 4 nitrogen and oxygen atoms in total. The van der Waals surface area contributed by atoms with Crippen LogP contribution in [0.15, 0.2) is 18.2 Å². The molecule has 0 spiro atoms. The number of sulfonamides is 1. The Hall–Kier alpha value is -1.21. The highest BCUT2D eigenvalue weighted by Gasteiger charge is 2.29. The molecule has 0 amide bonds. The molecular weight excluding hydrogens is 288 g/mol. The van der Waals surface area contributed by atoms with Crippen molar-refractivity contribution < 1.29 is 21.9 Å². The van der Waals surface area contributed by atoms with Crippen LogP contribution in [0.1, 0.15) is 20.8 Å². The molecule has 1 atom stereocenters. The normalized spacial score (nSPS) is 14.1. The molecule has 1 aromatic carbocycles. The fourth-order valence-corrected chi connectivity index (χ4v) is 2.77. The van der Waals surface area contributed by atoms with Crippen LogP contribution in [0.5, 0.6) is 5.75 Å². The molecule has 0 fully saturated rings. The molecule has 0 aliphatic carbocycles. The van der Waals surface area contributed by atoms with E-state index in [9.17, 15) is 17.2 Å². The summed E-state index contributed by atoms with van der Waals surface area (Å²) < 4.78 is 53.9. The third-order valence-electron chi connectivity index (χ3n) is 2.99. The average molecular weight is 307 g/mol. The summed E-state index contributed by atoms with van der Waals surface area (Å²) in [5.41, 5.74) is -0.386. The van der Waals surface area contributed by atoms with Crippen molar-refractivity contribution in [2.24, 2.45) is 16.5 Å². The number of rotatable bonds is 5. The maximum atomic E-state index is 13.4. The third kappa shape index (κ3) is 5.42. The Labute approximate surface area is 118 Å². The van der Waals surface area contributed by atoms with E-state index in [1.54, 1.807) is 0 Å². The molecule has 0 aromatic heterocycles. The summed E-state index contributed by atoms with van der Waals surface area (Å²) in [5, 5.41) is 5.04. The molecule has 7 heteroatoms. The van der Waals surface area contributed by atoms with Gasteiger partial charge in [-0.2, -0.15) is 0 Å². The molecule has 0 aliphatic heterocycles. The standard InChI is InChI=1S/C13H19F2NO3S/c1-13(2,3)9(8-20(16,17)18)7-19-12-5-4-10(14)6-11(12)15/h4-6,9H,7-8H2,1-3H3,(H2,16,17,18). The monoisotopic (exact) mass is 307 g/mol. The Balaban J connectivity index is 2.81. The van der Waals surface area contributed by atoms with Crippen LogP contribution < -0.4 is 9.88 Å². The van der Waals surface area contributed by atoms with Gasteiger partial charge in [-0.3, -0.25) is 0 Å². The van der Waals surface area contributed by atoms with Crippen LogP contribution >= 0.6 is 0 Å². The van der Waals surface area contributed by atoms with Crippen LogP contribution in [-0.2, 0) is 10.0 Å². The van der Waals surface area contributed by atoms with Crippen molar-refractivity contribution >= 4 is 10.0 Å². The van der Waals surface area contributed by atoms with Crippen molar-refractivity contribution in [1.29, 1.82) is 0 Å². The van der Waals surface area contributed by atoms with Crippen molar-refractivity contribution in [3.05, 3.63) is 29.8 Å². The first-order valence-electron chi connectivity index (χ1n) is 6.07. The van der Waals surface area contributed by atoms with Crippen LogP contribution in [0.4, 0.5) is 8.78 Å². The van der Waals surface area contributed by atoms with Crippen LogP contribution in [0.25, 0.3) is 0 Å². The van der Waals surface area contributed by atoms with Gasteiger partial charge in [0.05, 0.1) is 12.4 Å². The van der Waals surface area contributed by atoms with Crippen molar-refractivity contribution in [2.75, 3.05) is 12.4 Å². The highest BCUT2D eigenvalue weighted by Crippen LogP contribution is 2.28. The number of hydrogen-bond acceptors (Lipinski definition) is 3. The summed E-state index contributed by atoms with van der Waals surface area (Å²) in [4.78, 5) is 0. The van der Waals surface area contributed by atoms with Crippen molar-refractivity contribution in [3.8, 4) is 5.75 Å². The summed E-state index contributed by atoms with van der Waals surface area (Å²) in [6.07, 6.45) is 0. The van der Waals surface area contributed by atoms with Crippen LogP contribution in [-0.4, -0.2) is 20.8 Å². The van der Waals surface area contributed by atoms with Gasteiger partial charge in [0.25, 0.3) is 0 Å². The number of benzene rings is 1. The molecular formula is C13H19F2NO3S. The molecule has 1 aromatic rings. The second-order valence-corrected chi connectivity index (χ2v) is 7.44. The van der Waals surface area contributed by atoms with Crippen molar-refractivity contribution in [2.45, 2.75) is 20.8 Å². The molecule has 0 bridgehead atoms. The first kappa shape index (κ1) is 16.8. The Bertz CT molecular complexity index is 567. The summed E-state index contributed by atoms with van der Waals surface area (Å²) in [7, 11) is -3.66. The first-order chi connectivity index (χ1) is 8.99. The maximum Gasteiger partial charge on any atom is 0.209 e. The number of hydrogen-bond donors (Lipinski definition) is 1. The molecule has 114 valence electrons. The topological polar surface area (TPSA) is 69.4 Å². The number of halogens is 2. The van der Waals surface area contributed by atoms with Gasteiger partial charge in [-0.05, 0) is 17.5 Å². The molecule has 0 saturated heterocycles. The Morgan fingerprint density at radius 2 is 1.90 bits per heavy atom. The lowest BCUT2D eigenvalue weighted by Crippen LogP contribution is -2.35. The largest absolute Gasteiger partial charge is 0.490 e. The molecule has 1 unspecified atom stereocenters. The highest BCUT2D eigenvalue weighted by molar-refractivity contribution is 7.89. The Morgan fingerprint density at radius 3 is 2.35 bits per heavy atom. The zero-order chi connectivity index (χ0) is 15.6. The average Bonchev–Trinajstić information content (AvgIpc) is 2.23. The van der Waals surface area contributed by atoms with Gasteiger partial charge in [0, 0.05) is 12.0 Å². The Morgan fingerprint density at radius 1 is 1.30 bits per heavy atom. The summed E-state index contributed by atoms with van der Waals surface area (Å²) in [5.74, 6) is -2.32. The van der Waals surface area contributed by atoms with Crippen molar-refractivity contribution in [3.63, 3.8) is 0 Å². The molecule has 0 saturated carbocycles. The number of nitrogens with two attached hydrogens (primary N) is 1. The first-order valence-corrected chi connectivity index (χ1v) is 7.79. The lowest BCUT2D eigenvalue weighted by Gasteiger charge is -2.29. The minimum atomic E-state index is -3.66. The smallest absolute Gasteiger partial charge is 0.209 e. The quantitative estimate of drug-likeness (QED) is 0.907. The fourth-order valence-electron chi connectivity index (χ4n) is 1.61. The summed E-state index contributed by atoms with van der Waals surface area (Å²) in [6, 6.07) is 2.95. The predicted molar refractivity (Wildman–Crippen MR) is 72.8 cm³/mol. The Kier molecular flexibility index (Phi) is 5.10. The SMILES string of the molecule is CC(C)(C)C(COc1ccc(F)cc1F)CS(N)(=O)=O. The van der Waals surface area contributed by atoms with E-state index in [4.69, 9.17) is 9.88 Å². The molecule has 0 radical (unpaired) electrons. The number of primary sulfonamides is 1. The lowest BCUT2D eigenvalue weighted by atomic mass is 9.82. The summed E-state index contributed by atoms with van der Waals surface area (Å²) in [6.45, 7) is 5.50. The van der Waals surface area contributed by atoms with Gasteiger partial charge in [0.15, 0.2) is 11.6 Å². The minimum absolute atomic E-state index is 0.0253. The van der Waals surface area contributed by atoms with E-state index in [1.165, 1.54) is 6.07 Å². The van der Waals surface area contributed by atoms with E-state index in [0.29, 0.717) is 6.07 Å². The van der Waals surface area contributed by atoms with Crippen LogP contribution in [0, 0.1) is 23.0 Å². The van der Waals surface area contributed by atoms with Gasteiger partial charge >= 0.3 is 0 Å². The molecule has 1 rings (SSSR count). The van der Waals surface area contributed by atoms with E-state index < -0.39 is 27.6 Å². The van der Waals surface area contributed by atoms with E-state index >= 15 is 0 Å². The van der Waals surface area contributed by atoms with E-state index in [2.05, 4.69) is 0 Å². The lowest BCUT2D eigenvalue weighted by molar-refractivity contribution is 0.159. The zero-order valence-corrected chi connectivity index (χ0v) is 12.5. The molecule has 20 heavy (non-hydrogen) atoms. The van der Waals surface area contributed by atoms with E-state index in [0.717, 1.165) is 6.07 Å². The minimum Gasteiger partial charge on any atom is -0.490 e. The van der Waals surface area contributed by atoms with Gasteiger partial charge in [-0.25, -0.2) is 22.3 Å². The van der Waals surface area contributed by atoms with Crippen LogP contribution in [0.3, 0.4) is 0 Å².